The van der Waals surface area contributed by atoms with E-state index in [2.05, 4.69) is 27.0 Å². The molecule has 1 aliphatic rings. The molecule has 1 atom stereocenters. The molecule has 2 heterocycles. The van der Waals surface area contributed by atoms with Crippen LogP contribution in [0.4, 0.5) is 11.9 Å². The fourth-order valence-corrected chi connectivity index (χ4v) is 3.33. The Morgan fingerprint density at radius 3 is 2.38 bits per heavy atom. The zero-order chi connectivity index (χ0) is 18.4. The van der Waals surface area contributed by atoms with Gasteiger partial charge in [0.2, 0.25) is 11.9 Å². The number of hydrogen-bond donors (Lipinski definition) is 1. The van der Waals surface area contributed by atoms with Gasteiger partial charge in [0.25, 0.3) is 0 Å². The molecule has 0 spiro atoms. The van der Waals surface area contributed by atoms with E-state index in [1.807, 2.05) is 30.1 Å². The SMILES string of the molecule is COc1nc(N2CCCCCC2)nc(N(C)C(CN)c2ccccc2)n1. The number of nitrogens with zero attached hydrogens (tertiary/aromatic N) is 5. The van der Waals surface area contributed by atoms with E-state index in [0.29, 0.717) is 24.5 Å². The van der Waals surface area contributed by atoms with Crippen LogP contribution in [0.15, 0.2) is 30.3 Å². The maximum absolute atomic E-state index is 6.06. The van der Waals surface area contributed by atoms with E-state index in [0.717, 1.165) is 31.5 Å². The third kappa shape index (κ3) is 4.22. The van der Waals surface area contributed by atoms with E-state index >= 15 is 0 Å². The number of ether oxygens (including phenoxy) is 1. The summed E-state index contributed by atoms with van der Waals surface area (Å²) in [5.74, 6) is 1.26. The number of likely N-dealkylation sites (N-methyl/N-ethyl adjacent to an activating group) is 1. The van der Waals surface area contributed by atoms with Gasteiger partial charge < -0.3 is 20.3 Å². The monoisotopic (exact) mass is 356 g/mol. The maximum atomic E-state index is 6.06. The Labute approximate surface area is 155 Å². The topological polar surface area (TPSA) is 80.4 Å². The molecule has 3 rings (SSSR count). The number of nitrogens with two attached hydrogens (primary N) is 1. The molecule has 0 radical (unpaired) electrons. The molecular formula is C19H28N6O. The van der Waals surface area contributed by atoms with Crippen molar-refractivity contribution < 1.29 is 4.74 Å². The van der Waals surface area contributed by atoms with Crippen LogP contribution in [0.3, 0.4) is 0 Å². The lowest BCUT2D eigenvalue weighted by atomic mass is 10.1. The molecule has 140 valence electrons. The standard InChI is InChI=1S/C19H28N6O/c1-24(16(14-20)15-10-6-5-7-11-15)17-21-18(23-19(22-17)26-2)25-12-8-3-4-9-13-25/h5-7,10-11,16H,3-4,8-9,12-14,20H2,1-2H3. The van der Waals surface area contributed by atoms with Gasteiger partial charge in [0.15, 0.2) is 0 Å². The van der Waals surface area contributed by atoms with Crippen LogP contribution in [0, 0.1) is 0 Å². The predicted molar refractivity (Wildman–Crippen MR) is 104 cm³/mol. The van der Waals surface area contributed by atoms with E-state index < -0.39 is 0 Å². The first-order valence-corrected chi connectivity index (χ1v) is 9.25. The number of anilines is 2. The Morgan fingerprint density at radius 2 is 1.77 bits per heavy atom. The van der Waals surface area contributed by atoms with Gasteiger partial charge >= 0.3 is 6.01 Å². The van der Waals surface area contributed by atoms with Gasteiger partial charge in [-0.2, -0.15) is 15.0 Å². The van der Waals surface area contributed by atoms with E-state index in [9.17, 15) is 0 Å². The van der Waals surface area contributed by atoms with Gasteiger partial charge in [-0.05, 0) is 18.4 Å². The van der Waals surface area contributed by atoms with Crippen LogP contribution in [0.2, 0.25) is 0 Å². The van der Waals surface area contributed by atoms with E-state index in [1.165, 1.54) is 12.8 Å². The summed E-state index contributed by atoms with van der Waals surface area (Å²) in [6, 6.07) is 10.5. The third-order valence-corrected chi connectivity index (χ3v) is 4.85. The number of hydrogen-bond acceptors (Lipinski definition) is 7. The fraction of sp³-hybridized carbons (Fsp3) is 0.526. The average Bonchev–Trinajstić information content (AvgIpc) is 2.98. The van der Waals surface area contributed by atoms with Gasteiger partial charge in [-0.15, -0.1) is 0 Å². The minimum absolute atomic E-state index is 0.0136. The lowest BCUT2D eigenvalue weighted by molar-refractivity contribution is 0.377. The fourth-order valence-electron chi connectivity index (χ4n) is 3.33. The Hall–Kier alpha value is -2.41. The number of benzene rings is 1. The first kappa shape index (κ1) is 18.4. The van der Waals surface area contributed by atoms with E-state index in [-0.39, 0.29) is 6.04 Å². The Kier molecular flexibility index (Phi) is 6.22. The summed E-state index contributed by atoms with van der Waals surface area (Å²) >= 11 is 0. The molecule has 1 aromatic heterocycles. The molecule has 0 aliphatic carbocycles. The molecule has 0 bridgehead atoms. The van der Waals surface area contributed by atoms with Crippen LogP contribution in [0.25, 0.3) is 0 Å². The Balaban J connectivity index is 1.91. The summed E-state index contributed by atoms with van der Waals surface area (Å²) in [6.45, 7) is 2.40. The quantitative estimate of drug-likeness (QED) is 0.851. The van der Waals surface area contributed by atoms with Gasteiger partial charge in [0.05, 0.1) is 13.2 Å². The van der Waals surface area contributed by atoms with Gasteiger partial charge in [-0.1, -0.05) is 43.2 Å². The second-order valence-electron chi connectivity index (χ2n) is 6.60. The van der Waals surface area contributed by atoms with Crippen LogP contribution < -0.4 is 20.3 Å². The molecule has 7 heteroatoms. The zero-order valence-electron chi connectivity index (χ0n) is 15.6. The van der Waals surface area contributed by atoms with Crippen molar-refractivity contribution in [3.05, 3.63) is 35.9 Å². The molecule has 1 fully saturated rings. The molecule has 2 aromatic rings. The summed E-state index contributed by atoms with van der Waals surface area (Å²) in [6.07, 6.45) is 4.84. The normalized spacial score (nSPS) is 16.0. The minimum atomic E-state index is -0.0136. The van der Waals surface area contributed by atoms with Gasteiger partial charge in [-0.25, -0.2) is 0 Å². The first-order chi connectivity index (χ1) is 12.7. The highest BCUT2D eigenvalue weighted by Crippen LogP contribution is 2.25. The van der Waals surface area contributed by atoms with Gasteiger partial charge in [0.1, 0.15) is 0 Å². The second-order valence-corrected chi connectivity index (χ2v) is 6.60. The molecule has 2 N–H and O–H groups in total. The second kappa shape index (κ2) is 8.80. The van der Waals surface area contributed by atoms with Crippen molar-refractivity contribution >= 4 is 11.9 Å². The average molecular weight is 356 g/mol. The molecule has 1 aliphatic heterocycles. The number of methoxy groups -OCH3 is 1. The highest BCUT2D eigenvalue weighted by atomic mass is 16.5. The smallest absolute Gasteiger partial charge is 0.322 e. The van der Waals surface area contributed by atoms with Crippen LogP contribution in [-0.4, -0.2) is 48.7 Å². The van der Waals surface area contributed by atoms with Crippen LogP contribution in [0.1, 0.15) is 37.3 Å². The molecule has 26 heavy (non-hydrogen) atoms. The highest BCUT2D eigenvalue weighted by Gasteiger charge is 2.22. The Bertz CT molecular complexity index is 688. The number of aromatic nitrogens is 3. The van der Waals surface area contributed by atoms with Crippen molar-refractivity contribution in [1.29, 1.82) is 0 Å². The maximum Gasteiger partial charge on any atom is 0.322 e. The molecule has 0 saturated carbocycles. The molecular weight excluding hydrogens is 328 g/mol. The molecule has 7 nitrogen and oxygen atoms in total. The zero-order valence-corrected chi connectivity index (χ0v) is 15.6. The van der Waals surface area contributed by atoms with Crippen molar-refractivity contribution in [1.82, 2.24) is 15.0 Å². The lowest BCUT2D eigenvalue weighted by Gasteiger charge is -2.29. The summed E-state index contributed by atoms with van der Waals surface area (Å²) < 4.78 is 5.34. The van der Waals surface area contributed by atoms with Crippen molar-refractivity contribution in [3.63, 3.8) is 0 Å². The van der Waals surface area contributed by atoms with Crippen LogP contribution in [-0.2, 0) is 0 Å². The van der Waals surface area contributed by atoms with Crippen molar-refractivity contribution in [2.24, 2.45) is 5.73 Å². The van der Waals surface area contributed by atoms with Gasteiger partial charge in [-0.3, -0.25) is 0 Å². The third-order valence-electron chi connectivity index (χ3n) is 4.85. The van der Waals surface area contributed by atoms with E-state index in [4.69, 9.17) is 15.5 Å². The highest BCUT2D eigenvalue weighted by molar-refractivity contribution is 5.42. The summed E-state index contributed by atoms with van der Waals surface area (Å²) in [5.41, 5.74) is 7.19. The predicted octanol–water partition coefficient (Wildman–Crippen LogP) is 2.40. The van der Waals surface area contributed by atoms with Crippen LogP contribution >= 0.6 is 0 Å². The molecule has 1 saturated heterocycles. The summed E-state index contributed by atoms with van der Waals surface area (Å²) in [5, 5.41) is 0. The van der Waals surface area contributed by atoms with Crippen molar-refractivity contribution in [2.75, 3.05) is 43.6 Å². The molecule has 0 amide bonds. The van der Waals surface area contributed by atoms with Gasteiger partial charge in [0, 0.05) is 26.7 Å². The van der Waals surface area contributed by atoms with Crippen LogP contribution in [0.5, 0.6) is 6.01 Å². The van der Waals surface area contributed by atoms with Crippen molar-refractivity contribution in [2.45, 2.75) is 31.7 Å². The molecule has 1 aromatic carbocycles. The number of rotatable bonds is 6. The first-order valence-electron chi connectivity index (χ1n) is 9.25. The lowest BCUT2D eigenvalue weighted by Crippen LogP contribution is -2.33. The molecule has 1 unspecified atom stereocenters. The summed E-state index contributed by atoms with van der Waals surface area (Å²) in [4.78, 5) is 17.9. The van der Waals surface area contributed by atoms with E-state index in [1.54, 1.807) is 7.11 Å². The van der Waals surface area contributed by atoms with Crippen molar-refractivity contribution in [3.8, 4) is 6.01 Å². The largest absolute Gasteiger partial charge is 0.467 e. The Morgan fingerprint density at radius 1 is 1.08 bits per heavy atom. The minimum Gasteiger partial charge on any atom is -0.467 e. The summed E-state index contributed by atoms with van der Waals surface area (Å²) in [7, 11) is 3.55.